The van der Waals surface area contributed by atoms with Crippen LogP contribution in [0.3, 0.4) is 0 Å². The van der Waals surface area contributed by atoms with Gasteiger partial charge in [0.05, 0.1) is 18.8 Å². The molecule has 134 valence electrons. The molecule has 4 atom stereocenters. The third kappa shape index (κ3) is 5.55. The highest BCUT2D eigenvalue weighted by Gasteiger charge is 2.29. The molecule has 4 nitrogen and oxygen atoms in total. The van der Waals surface area contributed by atoms with Gasteiger partial charge >= 0.3 is 0 Å². The Bertz CT molecular complexity index is 565. The van der Waals surface area contributed by atoms with Crippen LogP contribution in [0.2, 0.25) is 0 Å². The van der Waals surface area contributed by atoms with Gasteiger partial charge in [0, 0.05) is 18.3 Å². The summed E-state index contributed by atoms with van der Waals surface area (Å²) in [5.41, 5.74) is 2.96. The number of hydrogen-bond donors (Lipinski definition) is 3. The highest BCUT2D eigenvalue weighted by molar-refractivity contribution is 5.81. The van der Waals surface area contributed by atoms with E-state index in [1.165, 1.54) is 0 Å². The molecule has 0 spiro atoms. The van der Waals surface area contributed by atoms with Crippen LogP contribution in [0.15, 0.2) is 24.3 Å². The maximum atomic E-state index is 12.2. The lowest BCUT2D eigenvalue weighted by atomic mass is 9.82. The van der Waals surface area contributed by atoms with E-state index in [9.17, 15) is 15.0 Å². The third-order valence-electron chi connectivity index (χ3n) is 4.58. The maximum Gasteiger partial charge on any atom is 0.140 e. The Morgan fingerprint density at radius 2 is 1.92 bits per heavy atom. The zero-order chi connectivity index (χ0) is 18.3. The van der Waals surface area contributed by atoms with Gasteiger partial charge in [-0.1, -0.05) is 56.7 Å². The minimum absolute atomic E-state index is 0.0475. The highest BCUT2D eigenvalue weighted by atomic mass is 16.3. The van der Waals surface area contributed by atoms with Gasteiger partial charge in [0.25, 0.3) is 0 Å². The van der Waals surface area contributed by atoms with Crippen LogP contribution in [0.4, 0.5) is 0 Å². The molecule has 0 aromatic heterocycles. The van der Waals surface area contributed by atoms with E-state index in [1.807, 2.05) is 45.0 Å². The Balaban J connectivity index is 2.97. The zero-order valence-electron chi connectivity index (χ0n) is 15.1. The maximum absolute atomic E-state index is 12.2. The Labute approximate surface area is 144 Å². The van der Waals surface area contributed by atoms with Gasteiger partial charge in [0.1, 0.15) is 5.78 Å². The van der Waals surface area contributed by atoms with E-state index in [0.29, 0.717) is 6.42 Å². The summed E-state index contributed by atoms with van der Waals surface area (Å²) in [7, 11) is 0. The van der Waals surface area contributed by atoms with Crippen LogP contribution in [0.1, 0.15) is 56.2 Å². The van der Waals surface area contributed by atoms with E-state index in [-0.39, 0.29) is 24.7 Å². The number of carbonyl (C=O) groups is 1. The summed E-state index contributed by atoms with van der Waals surface area (Å²) in [6.45, 7) is 7.37. The van der Waals surface area contributed by atoms with E-state index in [1.54, 1.807) is 13.0 Å². The molecule has 0 bridgehead atoms. The molecule has 0 radical (unpaired) electrons. The van der Waals surface area contributed by atoms with E-state index in [2.05, 4.69) is 0 Å². The fourth-order valence-electron chi connectivity index (χ4n) is 2.80. The first-order valence-electron chi connectivity index (χ1n) is 8.58. The Kier molecular flexibility index (Phi) is 8.32. The Hall–Kier alpha value is -1.49. The summed E-state index contributed by atoms with van der Waals surface area (Å²) in [5, 5.41) is 29.3. The molecule has 3 N–H and O–H groups in total. The van der Waals surface area contributed by atoms with Crippen molar-refractivity contribution in [2.45, 2.75) is 58.7 Å². The summed E-state index contributed by atoms with van der Waals surface area (Å²) in [4.78, 5) is 12.2. The molecule has 0 aliphatic carbocycles. The van der Waals surface area contributed by atoms with E-state index in [4.69, 9.17) is 5.11 Å². The minimum Gasteiger partial charge on any atom is -0.393 e. The molecule has 1 rings (SSSR count). The fourth-order valence-corrected chi connectivity index (χ4v) is 2.80. The first-order chi connectivity index (χ1) is 11.3. The van der Waals surface area contributed by atoms with Crippen molar-refractivity contribution in [2.75, 3.05) is 6.61 Å². The Morgan fingerprint density at radius 1 is 1.25 bits per heavy atom. The molecule has 0 heterocycles. The summed E-state index contributed by atoms with van der Waals surface area (Å²) >= 11 is 0. The molecule has 0 amide bonds. The number of Topliss-reactive ketones (excluding diaryl/α,β-unsaturated/α-hetero) is 1. The van der Waals surface area contributed by atoms with Crippen molar-refractivity contribution in [3.63, 3.8) is 0 Å². The van der Waals surface area contributed by atoms with Crippen LogP contribution >= 0.6 is 0 Å². The van der Waals surface area contributed by atoms with E-state index < -0.39 is 18.1 Å². The van der Waals surface area contributed by atoms with Gasteiger partial charge in [-0.05, 0) is 24.5 Å². The van der Waals surface area contributed by atoms with Crippen LogP contribution in [0.25, 0.3) is 6.08 Å². The topological polar surface area (TPSA) is 77.8 Å². The van der Waals surface area contributed by atoms with Gasteiger partial charge in [0.15, 0.2) is 0 Å². The smallest absolute Gasteiger partial charge is 0.140 e. The summed E-state index contributed by atoms with van der Waals surface area (Å²) in [6.07, 6.45) is 2.61. The average molecular weight is 334 g/mol. The predicted octanol–water partition coefficient (Wildman–Crippen LogP) is 2.83. The Morgan fingerprint density at radius 3 is 2.50 bits per heavy atom. The second-order valence-corrected chi connectivity index (χ2v) is 6.52. The number of rotatable bonds is 9. The number of benzene rings is 1. The summed E-state index contributed by atoms with van der Waals surface area (Å²) in [6, 6.07) is 5.93. The van der Waals surface area contributed by atoms with E-state index in [0.717, 1.165) is 16.7 Å². The third-order valence-corrected chi connectivity index (χ3v) is 4.58. The quantitative estimate of drug-likeness (QED) is 0.649. The molecule has 0 fully saturated rings. The molecule has 1 aromatic carbocycles. The number of ketones is 1. The monoisotopic (exact) mass is 334 g/mol. The van der Waals surface area contributed by atoms with Crippen molar-refractivity contribution in [2.24, 2.45) is 5.92 Å². The highest BCUT2D eigenvalue weighted by Crippen LogP contribution is 2.29. The largest absolute Gasteiger partial charge is 0.393 e. The van der Waals surface area contributed by atoms with Gasteiger partial charge in [-0.25, -0.2) is 0 Å². The van der Waals surface area contributed by atoms with Crippen molar-refractivity contribution in [3.05, 3.63) is 41.0 Å². The molecule has 0 unspecified atom stereocenters. The number of hydrogen-bond acceptors (Lipinski definition) is 4. The minimum atomic E-state index is -0.828. The first kappa shape index (κ1) is 20.6. The van der Waals surface area contributed by atoms with Gasteiger partial charge < -0.3 is 15.3 Å². The van der Waals surface area contributed by atoms with Crippen LogP contribution in [0, 0.1) is 12.8 Å². The number of aryl methyl sites for hydroxylation is 1. The molecule has 0 aliphatic rings. The van der Waals surface area contributed by atoms with Crippen LogP contribution in [-0.4, -0.2) is 39.9 Å². The van der Waals surface area contributed by atoms with Crippen LogP contribution in [0.5, 0.6) is 0 Å². The first-order valence-corrected chi connectivity index (χ1v) is 8.58. The average Bonchev–Trinajstić information content (AvgIpc) is 2.57. The predicted molar refractivity (Wildman–Crippen MR) is 96.8 cm³/mol. The number of aliphatic hydroxyl groups excluding tert-OH is 3. The lowest BCUT2D eigenvalue weighted by molar-refractivity contribution is -0.128. The molecule has 4 heteroatoms. The van der Waals surface area contributed by atoms with Crippen LogP contribution < -0.4 is 0 Å². The lowest BCUT2D eigenvalue weighted by Gasteiger charge is -2.26. The SMILES string of the molecule is CC[C@H](O)CC(=O)[C@H](C)[C@H](O)[C@H](C)c1ccc(C)cc1/C=C/CO. The molecule has 0 saturated heterocycles. The molecule has 24 heavy (non-hydrogen) atoms. The summed E-state index contributed by atoms with van der Waals surface area (Å²) in [5.74, 6) is -0.901. The molecular weight excluding hydrogens is 304 g/mol. The lowest BCUT2D eigenvalue weighted by Crippen LogP contribution is -2.32. The second-order valence-electron chi connectivity index (χ2n) is 6.52. The van der Waals surface area contributed by atoms with Crippen molar-refractivity contribution < 1.29 is 20.1 Å². The van der Waals surface area contributed by atoms with Gasteiger partial charge in [0.2, 0.25) is 0 Å². The van der Waals surface area contributed by atoms with Crippen molar-refractivity contribution in [3.8, 4) is 0 Å². The molecular formula is C20H30O4. The van der Waals surface area contributed by atoms with Crippen LogP contribution in [-0.2, 0) is 4.79 Å². The molecule has 1 aromatic rings. The zero-order valence-corrected chi connectivity index (χ0v) is 15.1. The number of carbonyl (C=O) groups excluding carboxylic acids is 1. The molecule has 0 saturated carbocycles. The fraction of sp³-hybridized carbons (Fsp3) is 0.550. The van der Waals surface area contributed by atoms with Gasteiger partial charge in [-0.2, -0.15) is 0 Å². The molecule has 0 aliphatic heterocycles. The van der Waals surface area contributed by atoms with Crippen molar-refractivity contribution in [1.29, 1.82) is 0 Å². The second kappa shape index (κ2) is 9.72. The number of aliphatic hydroxyl groups is 3. The normalized spacial score (nSPS) is 16.8. The van der Waals surface area contributed by atoms with Crippen molar-refractivity contribution >= 4 is 11.9 Å². The van der Waals surface area contributed by atoms with E-state index >= 15 is 0 Å². The van der Waals surface area contributed by atoms with Gasteiger partial charge in [-0.3, -0.25) is 4.79 Å². The summed E-state index contributed by atoms with van der Waals surface area (Å²) < 4.78 is 0. The van der Waals surface area contributed by atoms with Gasteiger partial charge in [-0.15, -0.1) is 0 Å². The van der Waals surface area contributed by atoms with Crippen molar-refractivity contribution in [1.82, 2.24) is 0 Å². The standard InChI is InChI=1S/C20H30O4/c1-5-17(22)12-19(23)15(4)20(24)14(3)18-9-8-13(2)11-16(18)7-6-10-21/h6-9,11,14-15,17,20-22,24H,5,10,12H2,1-4H3/b7-6+/t14-,15+,17+,20-/m1/s1.